The lowest BCUT2D eigenvalue weighted by Gasteiger charge is -2.36. The first-order valence-corrected chi connectivity index (χ1v) is 13.9. The molecule has 4 aromatic rings. The van der Waals surface area contributed by atoms with Crippen LogP contribution in [0.1, 0.15) is 46.2 Å². The van der Waals surface area contributed by atoms with Crippen LogP contribution < -0.4 is 16.2 Å². The van der Waals surface area contributed by atoms with Crippen LogP contribution in [0.15, 0.2) is 71.5 Å². The quantitative estimate of drug-likeness (QED) is 0.353. The van der Waals surface area contributed by atoms with Gasteiger partial charge in [0.05, 0.1) is 21.7 Å². The van der Waals surface area contributed by atoms with Crippen molar-refractivity contribution in [3.05, 3.63) is 105 Å². The Bertz CT molecular complexity index is 1850. The number of halogens is 1. The molecule has 2 aliphatic rings. The molecule has 4 amide bonds. The summed E-state index contributed by atoms with van der Waals surface area (Å²) in [7, 11) is 0. The highest BCUT2D eigenvalue weighted by Crippen LogP contribution is 2.29. The number of hydrogen-bond donors (Lipinski definition) is 2. The zero-order valence-electron chi connectivity index (χ0n) is 22.6. The van der Waals surface area contributed by atoms with Crippen molar-refractivity contribution in [2.75, 3.05) is 5.32 Å². The Morgan fingerprint density at radius 3 is 2.48 bits per heavy atom. The third-order valence-electron chi connectivity index (χ3n) is 7.80. The monoisotopic (exact) mass is 583 g/mol. The van der Waals surface area contributed by atoms with Crippen LogP contribution in [0.25, 0.3) is 10.9 Å². The number of piperidine rings is 1. The van der Waals surface area contributed by atoms with Crippen LogP contribution in [-0.2, 0) is 27.3 Å². The molecule has 6 rings (SSSR count). The summed E-state index contributed by atoms with van der Waals surface area (Å²) in [5, 5.41) is 5.68. The fourth-order valence-corrected chi connectivity index (χ4v) is 5.92. The van der Waals surface area contributed by atoms with Crippen LogP contribution in [-0.4, -0.2) is 44.1 Å². The average molecular weight is 584 g/mol. The predicted molar refractivity (Wildman–Crippen MR) is 156 cm³/mol. The van der Waals surface area contributed by atoms with Gasteiger partial charge in [-0.3, -0.25) is 33.9 Å². The summed E-state index contributed by atoms with van der Waals surface area (Å²) in [5.74, 6) is -1.47. The van der Waals surface area contributed by atoms with Gasteiger partial charge < -0.3 is 10.2 Å². The lowest BCUT2D eigenvalue weighted by atomic mass is 9.92. The number of carbonyl (C=O) groups excluding carboxylic acids is 4. The largest absolute Gasteiger partial charge is 0.322 e. The van der Waals surface area contributed by atoms with Gasteiger partial charge in [-0.1, -0.05) is 54.1 Å². The first-order chi connectivity index (χ1) is 20.2. The normalized spacial score (nSPS) is 18.4. The average Bonchev–Trinajstić information content (AvgIpc) is 2.98. The number of benzene rings is 3. The molecule has 0 saturated carbocycles. The summed E-state index contributed by atoms with van der Waals surface area (Å²) >= 11 is 6.35. The number of rotatable bonds is 4. The SMILES string of the molecule is Cc1nc2c(NC(=O)C3Cc4ccccc4CN3C(=O)c3ccccc3Cl)cccc2c(=O)n1C1CCC(=O)NC1=O. The maximum Gasteiger partial charge on any atom is 0.262 e. The van der Waals surface area contributed by atoms with Crippen LogP contribution in [0.3, 0.4) is 0 Å². The summed E-state index contributed by atoms with van der Waals surface area (Å²) in [6, 6.07) is 17.5. The Labute approximate surface area is 245 Å². The lowest BCUT2D eigenvalue weighted by Crippen LogP contribution is -2.50. The van der Waals surface area contributed by atoms with E-state index in [0.29, 0.717) is 16.3 Å². The third kappa shape index (κ3) is 4.83. The van der Waals surface area contributed by atoms with Crippen molar-refractivity contribution < 1.29 is 19.2 Å². The van der Waals surface area contributed by atoms with Gasteiger partial charge in [-0.15, -0.1) is 0 Å². The number of carbonyl (C=O) groups is 4. The Morgan fingerprint density at radius 2 is 1.71 bits per heavy atom. The van der Waals surface area contributed by atoms with Crippen LogP contribution in [0, 0.1) is 6.92 Å². The minimum atomic E-state index is -0.864. The molecule has 42 heavy (non-hydrogen) atoms. The van der Waals surface area contributed by atoms with Gasteiger partial charge in [0.2, 0.25) is 17.7 Å². The summed E-state index contributed by atoms with van der Waals surface area (Å²) < 4.78 is 1.29. The van der Waals surface area contributed by atoms with E-state index in [1.807, 2.05) is 24.3 Å². The number of aryl methyl sites for hydroxylation is 1. The Hall–Kier alpha value is -4.83. The number of nitrogens with one attached hydrogen (secondary N) is 2. The number of nitrogens with zero attached hydrogens (tertiary/aromatic N) is 3. The summed E-state index contributed by atoms with van der Waals surface area (Å²) in [5.41, 5.74) is 2.31. The fourth-order valence-electron chi connectivity index (χ4n) is 5.70. The second-order valence-corrected chi connectivity index (χ2v) is 10.8. The molecule has 2 unspecified atom stereocenters. The highest BCUT2D eigenvalue weighted by atomic mass is 35.5. The zero-order chi connectivity index (χ0) is 29.5. The molecule has 2 atom stereocenters. The lowest BCUT2D eigenvalue weighted by molar-refractivity contribution is -0.135. The van der Waals surface area contributed by atoms with Crippen molar-refractivity contribution in [3.63, 3.8) is 0 Å². The number of imide groups is 1. The van der Waals surface area contributed by atoms with Gasteiger partial charge in [-0.05, 0) is 48.7 Å². The molecule has 0 radical (unpaired) electrons. The third-order valence-corrected chi connectivity index (χ3v) is 8.13. The van der Waals surface area contributed by atoms with E-state index in [4.69, 9.17) is 11.6 Å². The highest BCUT2D eigenvalue weighted by Gasteiger charge is 2.36. The number of aromatic nitrogens is 2. The minimum Gasteiger partial charge on any atom is -0.322 e. The molecule has 3 aromatic carbocycles. The predicted octanol–water partition coefficient (Wildman–Crippen LogP) is 3.54. The molecule has 1 aromatic heterocycles. The molecule has 212 valence electrons. The summed E-state index contributed by atoms with van der Waals surface area (Å²) in [6.45, 7) is 1.83. The van der Waals surface area contributed by atoms with Crippen molar-refractivity contribution in [2.24, 2.45) is 0 Å². The Balaban J connectivity index is 1.36. The Kier molecular flexibility index (Phi) is 7.07. The van der Waals surface area contributed by atoms with Crippen molar-refractivity contribution in [1.82, 2.24) is 19.8 Å². The van der Waals surface area contributed by atoms with E-state index >= 15 is 0 Å². The molecule has 10 nitrogen and oxygen atoms in total. The molecular weight excluding hydrogens is 558 g/mol. The number of amides is 4. The van der Waals surface area contributed by atoms with Gasteiger partial charge in [0.15, 0.2) is 0 Å². The van der Waals surface area contributed by atoms with Crippen molar-refractivity contribution in [3.8, 4) is 0 Å². The molecular formula is C31H26ClN5O5. The molecule has 1 fully saturated rings. The van der Waals surface area contributed by atoms with Crippen LogP contribution >= 0.6 is 11.6 Å². The van der Waals surface area contributed by atoms with Gasteiger partial charge >= 0.3 is 0 Å². The molecule has 0 aliphatic carbocycles. The van der Waals surface area contributed by atoms with Gasteiger partial charge in [-0.25, -0.2) is 4.98 Å². The summed E-state index contributed by atoms with van der Waals surface area (Å²) in [4.78, 5) is 71.4. The van der Waals surface area contributed by atoms with Crippen LogP contribution in [0.5, 0.6) is 0 Å². The first-order valence-electron chi connectivity index (χ1n) is 13.5. The fraction of sp³-hybridized carbons (Fsp3) is 0.226. The van der Waals surface area contributed by atoms with Crippen molar-refractivity contribution in [1.29, 1.82) is 0 Å². The second kappa shape index (κ2) is 10.9. The Morgan fingerprint density at radius 1 is 0.976 bits per heavy atom. The maximum atomic E-state index is 13.9. The van der Waals surface area contributed by atoms with E-state index in [0.717, 1.165) is 11.1 Å². The second-order valence-electron chi connectivity index (χ2n) is 10.4. The number of anilines is 1. The number of fused-ring (bicyclic) bond motifs is 2. The van der Waals surface area contributed by atoms with Gasteiger partial charge in [0.1, 0.15) is 23.4 Å². The van der Waals surface area contributed by atoms with E-state index in [1.165, 1.54) is 9.47 Å². The van der Waals surface area contributed by atoms with Gasteiger partial charge in [0, 0.05) is 19.4 Å². The van der Waals surface area contributed by atoms with Crippen LogP contribution in [0.2, 0.25) is 5.02 Å². The topological polar surface area (TPSA) is 130 Å². The molecule has 0 bridgehead atoms. The molecule has 2 N–H and O–H groups in total. The number of hydrogen-bond acceptors (Lipinski definition) is 6. The van der Waals surface area contributed by atoms with E-state index in [-0.39, 0.29) is 54.3 Å². The van der Waals surface area contributed by atoms with Crippen molar-refractivity contribution >= 4 is 51.8 Å². The molecule has 1 saturated heterocycles. The standard InChI is InChI=1S/C31H26ClN5O5/c1-17-33-27-21(31(42)37(17)24-13-14-26(38)35-28(24)39)10-6-12-23(27)34-29(40)25-15-18-7-2-3-8-19(18)16-36(25)30(41)20-9-4-5-11-22(20)32/h2-12,24-25H,13-16H2,1H3,(H,34,40)(H,35,38,39). The van der Waals surface area contributed by atoms with E-state index < -0.39 is 29.5 Å². The zero-order valence-corrected chi connectivity index (χ0v) is 23.4. The molecule has 2 aliphatic heterocycles. The van der Waals surface area contributed by atoms with E-state index in [9.17, 15) is 24.0 Å². The van der Waals surface area contributed by atoms with E-state index in [1.54, 1.807) is 49.4 Å². The van der Waals surface area contributed by atoms with Gasteiger partial charge in [-0.2, -0.15) is 0 Å². The van der Waals surface area contributed by atoms with E-state index in [2.05, 4.69) is 15.6 Å². The smallest absolute Gasteiger partial charge is 0.262 e. The molecule has 11 heteroatoms. The van der Waals surface area contributed by atoms with Crippen molar-refractivity contribution in [2.45, 2.75) is 44.8 Å². The maximum absolute atomic E-state index is 13.9. The van der Waals surface area contributed by atoms with Gasteiger partial charge in [0.25, 0.3) is 11.5 Å². The molecule has 3 heterocycles. The first kappa shape index (κ1) is 27.3. The highest BCUT2D eigenvalue weighted by molar-refractivity contribution is 6.33. The number of para-hydroxylation sites is 1. The van der Waals surface area contributed by atoms with Crippen LogP contribution in [0.4, 0.5) is 5.69 Å². The molecule has 0 spiro atoms. The summed E-state index contributed by atoms with van der Waals surface area (Å²) in [6.07, 6.45) is 0.593. The minimum absolute atomic E-state index is 0.115.